The molecule has 15 heavy (non-hydrogen) atoms. The van der Waals surface area contributed by atoms with Crippen LogP contribution in [-0.4, -0.2) is 24.8 Å². The fraction of sp³-hybridized carbons (Fsp3) is 0.400. The topological polar surface area (TPSA) is 80.4 Å². The van der Waals surface area contributed by atoms with Crippen molar-refractivity contribution >= 4 is 9.84 Å². The maximum absolute atomic E-state index is 11.8. The van der Waals surface area contributed by atoms with Crippen LogP contribution < -0.4 is 5.73 Å². The maximum Gasteiger partial charge on any atom is 0.180 e. The van der Waals surface area contributed by atoms with Crippen LogP contribution in [0.25, 0.3) is 0 Å². The van der Waals surface area contributed by atoms with E-state index in [1.165, 1.54) is 24.3 Å². The summed E-state index contributed by atoms with van der Waals surface area (Å²) in [4.78, 5) is 0.179. The summed E-state index contributed by atoms with van der Waals surface area (Å²) < 4.78 is 23.6. The maximum atomic E-state index is 11.8. The third-order valence-electron chi connectivity index (χ3n) is 1.76. The van der Waals surface area contributed by atoms with Crippen LogP contribution in [0.2, 0.25) is 0 Å². The quantitative estimate of drug-likeness (QED) is 0.807. The lowest BCUT2D eigenvalue weighted by Gasteiger charge is -2.18. The van der Waals surface area contributed by atoms with Gasteiger partial charge in [-0.3, -0.25) is 0 Å². The predicted octanol–water partition coefficient (Wildman–Crippen LogP) is 0.903. The van der Waals surface area contributed by atoms with Crippen molar-refractivity contribution in [1.29, 1.82) is 0 Å². The fourth-order valence-corrected chi connectivity index (χ4v) is 2.92. The summed E-state index contributed by atoms with van der Waals surface area (Å²) in [5.41, 5.74) is 4.89. The molecule has 5 heteroatoms. The van der Waals surface area contributed by atoms with Crippen molar-refractivity contribution in [3.05, 3.63) is 24.3 Å². The van der Waals surface area contributed by atoms with Crippen LogP contribution in [0.5, 0.6) is 5.75 Å². The molecule has 0 atom stereocenters. The molecular weight excluding hydrogens is 214 g/mol. The highest BCUT2D eigenvalue weighted by molar-refractivity contribution is 7.91. The van der Waals surface area contributed by atoms with E-state index >= 15 is 0 Å². The third-order valence-corrected chi connectivity index (χ3v) is 3.87. The van der Waals surface area contributed by atoms with Crippen molar-refractivity contribution in [3.8, 4) is 5.75 Å². The van der Waals surface area contributed by atoms with Gasteiger partial charge in [-0.05, 0) is 38.1 Å². The second-order valence-corrected chi connectivity index (χ2v) is 6.23. The van der Waals surface area contributed by atoms with E-state index in [4.69, 9.17) is 10.8 Å². The van der Waals surface area contributed by atoms with Crippen molar-refractivity contribution in [3.63, 3.8) is 0 Å². The van der Waals surface area contributed by atoms with Gasteiger partial charge in [0.05, 0.1) is 10.6 Å². The SMILES string of the molecule is CC(C)(N)CS(=O)(=O)c1ccc(O)cc1. The van der Waals surface area contributed by atoms with Gasteiger partial charge in [0.15, 0.2) is 9.84 Å². The standard InChI is InChI=1S/C10H15NO3S/c1-10(2,11)7-15(13,14)9-5-3-8(12)4-6-9/h3-6,12H,7,11H2,1-2H3. The van der Waals surface area contributed by atoms with Gasteiger partial charge in [0, 0.05) is 5.54 Å². The molecule has 0 heterocycles. The molecule has 0 aromatic heterocycles. The molecular formula is C10H15NO3S. The van der Waals surface area contributed by atoms with Crippen LogP contribution in [0.15, 0.2) is 29.2 Å². The number of hydrogen-bond donors (Lipinski definition) is 2. The van der Waals surface area contributed by atoms with E-state index in [1.54, 1.807) is 13.8 Å². The lowest BCUT2D eigenvalue weighted by molar-refractivity contribution is 0.474. The van der Waals surface area contributed by atoms with Crippen LogP contribution >= 0.6 is 0 Å². The second-order valence-electron chi connectivity index (χ2n) is 4.24. The number of phenols is 1. The Bertz CT molecular complexity index is 429. The molecule has 0 aliphatic carbocycles. The van der Waals surface area contributed by atoms with Crippen LogP contribution in [-0.2, 0) is 9.84 Å². The van der Waals surface area contributed by atoms with E-state index in [2.05, 4.69) is 0 Å². The highest BCUT2D eigenvalue weighted by atomic mass is 32.2. The van der Waals surface area contributed by atoms with E-state index in [9.17, 15) is 8.42 Å². The molecule has 1 aromatic rings. The van der Waals surface area contributed by atoms with Gasteiger partial charge in [0.25, 0.3) is 0 Å². The smallest absolute Gasteiger partial charge is 0.180 e. The van der Waals surface area contributed by atoms with Gasteiger partial charge < -0.3 is 10.8 Å². The van der Waals surface area contributed by atoms with Crippen molar-refractivity contribution in [2.24, 2.45) is 5.73 Å². The molecule has 3 N–H and O–H groups in total. The zero-order chi connectivity index (χ0) is 11.7. The molecule has 0 saturated carbocycles. The van der Waals surface area contributed by atoms with E-state index in [0.717, 1.165) is 0 Å². The Morgan fingerprint density at radius 1 is 1.27 bits per heavy atom. The Balaban J connectivity index is 3.02. The molecule has 0 fully saturated rings. The van der Waals surface area contributed by atoms with Crippen LogP contribution in [0.4, 0.5) is 0 Å². The average Bonchev–Trinajstić information content (AvgIpc) is 2.00. The molecule has 84 valence electrons. The lowest BCUT2D eigenvalue weighted by atomic mass is 10.1. The molecule has 0 spiro atoms. The van der Waals surface area contributed by atoms with Crippen LogP contribution in [0.1, 0.15) is 13.8 Å². The summed E-state index contributed by atoms with van der Waals surface area (Å²) in [5, 5.41) is 9.04. The highest BCUT2D eigenvalue weighted by Gasteiger charge is 2.23. The monoisotopic (exact) mass is 229 g/mol. The molecule has 4 nitrogen and oxygen atoms in total. The summed E-state index contributed by atoms with van der Waals surface area (Å²) in [6.45, 7) is 3.32. The number of phenolic OH excluding ortho intramolecular Hbond substituents is 1. The number of hydrogen-bond acceptors (Lipinski definition) is 4. The number of benzene rings is 1. The minimum atomic E-state index is -3.37. The minimum absolute atomic E-state index is 0.0426. The number of rotatable bonds is 3. The summed E-state index contributed by atoms with van der Waals surface area (Å²) >= 11 is 0. The third kappa shape index (κ3) is 3.53. The van der Waals surface area contributed by atoms with E-state index in [0.29, 0.717) is 0 Å². The van der Waals surface area contributed by atoms with Crippen molar-refractivity contribution in [2.75, 3.05) is 5.75 Å². The highest BCUT2D eigenvalue weighted by Crippen LogP contribution is 2.18. The van der Waals surface area contributed by atoms with Crippen molar-refractivity contribution in [2.45, 2.75) is 24.3 Å². The van der Waals surface area contributed by atoms with Gasteiger partial charge in [-0.2, -0.15) is 0 Å². The zero-order valence-electron chi connectivity index (χ0n) is 8.77. The largest absolute Gasteiger partial charge is 0.508 e. The molecule has 0 aliphatic heterocycles. The predicted molar refractivity (Wildman–Crippen MR) is 58.4 cm³/mol. The second kappa shape index (κ2) is 3.83. The first kappa shape index (κ1) is 12.0. The first-order valence-corrected chi connectivity index (χ1v) is 6.17. The first-order valence-electron chi connectivity index (χ1n) is 4.51. The Kier molecular flexibility index (Phi) is 3.06. The van der Waals surface area contributed by atoms with Gasteiger partial charge in [0.1, 0.15) is 5.75 Å². The summed E-state index contributed by atoms with van der Waals surface area (Å²) in [6, 6.07) is 5.43. The minimum Gasteiger partial charge on any atom is -0.508 e. The number of sulfone groups is 1. The first-order chi connectivity index (χ1) is 6.71. The Morgan fingerprint density at radius 3 is 2.13 bits per heavy atom. The zero-order valence-corrected chi connectivity index (χ0v) is 9.58. The van der Waals surface area contributed by atoms with Crippen molar-refractivity contribution < 1.29 is 13.5 Å². The van der Waals surface area contributed by atoms with Gasteiger partial charge in [-0.25, -0.2) is 8.42 Å². The summed E-state index contributed by atoms with van der Waals surface area (Å²) in [5.74, 6) is -0.0777. The Labute approximate surface area is 89.7 Å². The van der Waals surface area contributed by atoms with E-state index < -0.39 is 15.4 Å². The molecule has 0 bridgehead atoms. The number of nitrogens with two attached hydrogens (primary N) is 1. The molecule has 0 aliphatic rings. The van der Waals surface area contributed by atoms with Crippen molar-refractivity contribution in [1.82, 2.24) is 0 Å². The summed E-state index contributed by atoms with van der Waals surface area (Å²) in [6.07, 6.45) is 0. The van der Waals surface area contributed by atoms with Gasteiger partial charge in [-0.1, -0.05) is 0 Å². The molecule has 1 rings (SSSR count). The van der Waals surface area contributed by atoms with Crippen LogP contribution in [0.3, 0.4) is 0 Å². The van der Waals surface area contributed by atoms with Crippen LogP contribution in [0, 0.1) is 0 Å². The lowest BCUT2D eigenvalue weighted by Crippen LogP contribution is -2.39. The Hall–Kier alpha value is -1.07. The van der Waals surface area contributed by atoms with E-state index in [-0.39, 0.29) is 16.4 Å². The molecule has 0 radical (unpaired) electrons. The van der Waals surface area contributed by atoms with Gasteiger partial charge in [0.2, 0.25) is 0 Å². The normalized spacial score (nSPS) is 12.7. The average molecular weight is 229 g/mol. The van der Waals surface area contributed by atoms with Gasteiger partial charge >= 0.3 is 0 Å². The molecule has 0 unspecified atom stereocenters. The molecule has 1 aromatic carbocycles. The van der Waals surface area contributed by atoms with E-state index in [1.807, 2.05) is 0 Å². The fourth-order valence-electron chi connectivity index (χ4n) is 1.23. The summed E-state index contributed by atoms with van der Waals surface area (Å²) in [7, 11) is -3.37. The Morgan fingerprint density at radius 2 is 1.73 bits per heavy atom. The molecule has 0 saturated heterocycles. The molecule has 0 amide bonds. The van der Waals surface area contributed by atoms with Gasteiger partial charge in [-0.15, -0.1) is 0 Å². The number of aromatic hydroxyl groups is 1.